The van der Waals surface area contributed by atoms with Gasteiger partial charge >= 0.3 is 0 Å². The molecular formula is C23H30N2O3. The molecule has 2 aromatic carbocycles. The van der Waals surface area contributed by atoms with E-state index in [1.54, 1.807) is 0 Å². The lowest BCUT2D eigenvalue weighted by atomic mass is 10.0. The van der Waals surface area contributed by atoms with Crippen molar-refractivity contribution in [3.63, 3.8) is 0 Å². The predicted octanol–water partition coefficient (Wildman–Crippen LogP) is 3.42. The van der Waals surface area contributed by atoms with Crippen LogP contribution in [-0.4, -0.2) is 41.9 Å². The maximum Gasteiger partial charge on any atom is 0.260 e. The van der Waals surface area contributed by atoms with Gasteiger partial charge in [-0.1, -0.05) is 48.5 Å². The fraction of sp³-hybridized carbons (Fsp3) is 0.391. The number of rotatable bonds is 8. The first-order valence-electron chi connectivity index (χ1n) is 9.62. The van der Waals surface area contributed by atoms with E-state index in [0.29, 0.717) is 12.3 Å². The second-order valence-corrected chi connectivity index (χ2v) is 7.76. The van der Waals surface area contributed by atoms with Crippen LogP contribution in [0.15, 0.2) is 54.6 Å². The van der Waals surface area contributed by atoms with Crippen molar-refractivity contribution in [2.75, 3.05) is 19.7 Å². The molecule has 5 nitrogen and oxygen atoms in total. The number of nitrogens with zero attached hydrogens (tertiary/aromatic N) is 1. The van der Waals surface area contributed by atoms with E-state index in [4.69, 9.17) is 4.74 Å². The summed E-state index contributed by atoms with van der Waals surface area (Å²) in [6.45, 7) is 7.97. The summed E-state index contributed by atoms with van der Waals surface area (Å²) in [7, 11) is 0. The van der Waals surface area contributed by atoms with Gasteiger partial charge in [-0.2, -0.15) is 0 Å². The predicted molar refractivity (Wildman–Crippen MR) is 111 cm³/mol. The Kier molecular flexibility index (Phi) is 7.61. The number of hydrogen-bond donors (Lipinski definition) is 1. The zero-order chi connectivity index (χ0) is 20.6. The summed E-state index contributed by atoms with van der Waals surface area (Å²) in [5, 5.41) is 2.88. The van der Waals surface area contributed by atoms with E-state index < -0.39 is 0 Å². The van der Waals surface area contributed by atoms with Gasteiger partial charge in [-0.15, -0.1) is 0 Å². The number of para-hydroxylation sites is 1. The standard InChI is InChI=1S/C23H30N2O3/c1-5-25(16-21(26)24-23(2,3)4)22(27)17-28-20-14-10-9-13-19(20)15-18-11-7-6-8-12-18/h6-14H,5,15-17H2,1-4H3,(H,24,26). The van der Waals surface area contributed by atoms with Gasteiger partial charge in [0.05, 0.1) is 6.54 Å². The third-order valence-corrected chi connectivity index (χ3v) is 4.14. The molecule has 0 radical (unpaired) electrons. The molecule has 0 fully saturated rings. The Labute approximate surface area is 167 Å². The van der Waals surface area contributed by atoms with Crippen molar-refractivity contribution in [3.05, 3.63) is 65.7 Å². The highest BCUT2D eigenvalue weighted by Crippen LogP contribution is 2.21. The van der Waals surface area contributed by atoms with Crippen LogP contribution in [0.1, 0.15) is 38.8 Å². The monoisotopic (exact) mass is 382 g/mol. The number of ether oxygens (including phenoxy) is 1. The Balaban J connectivity index is 1.97. The minimum Gasteiger partial charge on any atom is -0.483 e. The molecule has 5 heteroatoms. The smallest absolute Gasteiger partial charge is 0.260 e. The van der Waals surface area contributed by atoms with E-state index in [2.05, 4.69) is 17.4 Å². The highest BCUT2D eigenvalue weighted by atomic mass is 16.5. The Hall–Kier alpha value is -2.82. The number of likely N-dealkylation sites (N-methyl/N-ethyl adjacent to an activating group) is 1. The summed E-state index contributed by atoms with van der Waals surface area (Å²) < 4.78 is 5.81. The summed E-state index contributed by atoms with van der Waals surface area (Å²) >= 11 is 0. The average Bonchev–Trinajstić information content (AvgIpc) is 2.64. The van der Waals surface area contributed by atoms with Crippen LogP contribution in [-0.2, 0) is 16.0 Å². The molecule has 0 saturated carbocycles. The summed E-state index contributed by atoms with van der Waals surface area (Å²) in [4.78, 5) is 26.2. The number of carbonyl (C=O) groups excluding carboxylic acids is 2. The fourth-order valence-electron chi connectivity index (χ4n) is 2.84. The van der Waals surface area contributed by atoms with Gasteiger partial charge in [-0.3, -0.25) is 9.59 Å². The highest BCUT2D eigenvalue weighted by Gasteiger charge is 2.20. The summed E-state index contributed by atoms with van der Waals surface area (Å²) in [5.41, 5.74) is 1.88. The lowest BCUT2D eigenvalue weighted by molar-refractivity contribution is -0.137. The molecule has 0 aliphatic heterocycles. The second kappa shape index (κ2) is 9.93. The van der Waals surface area contributed by atoms with Crippen molar-refractivity contribution in [1.29, 1.82) is 0 Å². The Morgan fingerprint density at radius 1 is 1.00 bits per heavy atom. The molecular weight excluding hydrogens is 352 g/mol. The Bertz CT molecular complexity index is 782. The van der Waals surface area contributed by atoms with Gasteiger partial charge in [0.15, 0.2) is 6.61 Å². The molecule has 0 bridgehead atoms. The molecule has 0 spiro atoms. The molecule has 150 valence electrons. The van der Waals surface area contributed by atoms with Gasteiger partial charge < -0.3 is 15.0 Å². The zero-order valence-electron chi connectivity index (χ0n) is 17.2. The van der Waals surface area contributed by atoms with Crippen molar-refractivity contribution in [2.45, 2.75) is 39.7 Å². The van der Waals surface area contributed by atoms with E-state index >= 15 is 0 Å². The first-order valence-corrected chi connectivity index (χ1v) is 9.62. The first-order chi connectivity index (χ1) is 13.3. The highest BCUT2D eigenvalue weighted by molar-refractivity contribution is 5.85. The molecule has 0 unspecified atom stereocenters. The van der Waals surface area contributed by atoms with Crippen LogP contribution in [0.2, 0.25) is 0 Å². The lowest BCUT2D eigenvalue weighted by Crippen LogP contribution is -2.48. The van der Waals surface area contributed by atoms with Crippen LogP contribution in [0.5, 0.6) is 5.75 Å². The largest absolute Gasteiger partial charge is 0.483 e. The van der Waals surface area contributed by atoms with E-state index in [9.17, 15) is 9.59 Å². The summed E-state index contributed by atoms with van der Waals surface area (Å²) in [6.07, 6.45) is 0.733. The van der Waals surface area contributed by atoms with Crippen molar-refractivity contribution in [1.82, 2.24) is 10.2 Å². The minimum atomic E-state index is -0.327. The van der Waals surface area contributed by atoms with E-state index in [-0.39, 0.29) is 30.5 Å². The number of benzene rings is 2. The molecule has 0 atom stereocenters. The first kappa shape index (κ1) is 21.5. The quantitative estimate of drug-likeness (QED) is 0.761. The van der Waals surface area contributed by atoms with E-state index in [1.807, 2.05) is 70.2 Å². The van der Waals surface area contributed by atoms with Crippen LogP contribution >= 0.6 is 0 Å². The van der Waals surface area contributed by atoms with Crippen molar-refractivity contribution < 1.29 is 14.3 Å². The minimum absolute atomic E-state index is 0.0294. The Morgan fingerprint density at radius 3 is 2.29 bits per heavy atom. The topological polar surface area (TPSA) is 58.6 Å². The normalized spacial score (nSPS) is 11.0. The van der Waals surface area contributed by atoms with Gasteiger partial charge in [-0.25, -0.2) is 0 Å². The van der Waals surface area contributed by atoms with Crippen molar-refractivity contribution >= 4 is 11.8 Å². The molecule has 0 aliphatic carbocycles. The summed E-state index contributed by atoms with van der Waals surface area (Å²) in [6, 6.07) is 17.8. The van der Waals surface area contributed by atoms with E-state index in [0.717, 1.165) is 12.0 Å². The van der Waals surface area contributed by atoms with Gasteiger partial charge in [0.25, 0.3) is 5.91 Å². The molecule has 28 heavy (non-hydrogen) atoms. The number of hydrogen-bond acceptors (Lipinski definition) is 3. The summed E-state index contributed by atoms with van der Waals surface area (Å²) in [5.74, 6) is 0.308. The number of nitrogens with one attached hydrogen (secondary N) is 1. The third-order valence-electron chi connectivity index (χ3n) is 4.14. The van der Waals surface area contributed by atoms with Crippen LogP contribution in [0.3, 0.4) is 0 Å². The fourth-order valence-corrected chi connectivity index (χ4v) is 2.84. The average molecular weight is 383 g/mol. The van der Waals surface area contributed by atoms with Gasteiger partial charge in [0, 0.05) is 18.5 Å². The lowest BCUT2D eigenvalue weighted by Gasteiger charge is -2.25. The van der Waals surface area contributed by atoms with Crippen LogP contribution in [0.25, 0.3) is 0 Å². The molecule has 2 amide bonds. The van der Waals surface area contributed by atoms with Crippen LogP contribution in [0, 0.1) is 0 Å². The SMILES string of the molecule is CCN(CC(=O)NC(C)(C)C)C(=O)COc1ccccc1Cc1ccccc1. The molecule has 1 N–H and O–H groups in total. The molecule has 0 heterocycles. The second-order valence-electron chi connectivity index (χ2n) is 7.76. The van der Waals surface area contributed by atoms with E-state index in [1.165, 1.54) is 10.5 Å². The van der Waals surface area contributed by atoms with Crippen molar-refractivity contribution in [3.8, 4) is 5.75 Å². The number of amides is 2. The van der Waals surface area contributed by atoms with Gasteiger partial charge in [-0.05, 0) is 44.9 Å². The maximum absolute atomic E-state index is 12.5. The maximum atomic E-state index is 12.5. The van der Waals surface area contributed by atoms with Crippen molar-refractivity contribution in [2.24, 2.45) is 0 Å². The van der Waals surface area contributed by atoms with Gasteiger partial charge in [0.2, 0.25) is 5.91 Å². The molecule has 0 aromatic heterocycles. The van der Waals surface area contributed by atoms with Crippen LogP contribution < -0.4 is 10.1 Å². The molecule has 2 aromatic rings. The zero-order valence-corrected chi connectivity index (χ0v) is 17.2. The number of carbonyl (C=O) groups is 2. The van der Waals surface area contributed by atoms with Gasteiger partial charge in [0.1, 0.15) is 5.75 Å². The Morgan fingerprint density at radius 2 is 1.64 bits per heavy atom. The molecule has 2 rings (SSSR count). The third kappa shape index (κ3) is 7.06. The molecule has 0 aliphatic rings. The van der Waals surface area contributed by atoms with Crippen LogP contribution in [0.4, 0.5) is 0 Å². The molecule has 0 saturated heterocycles.